The van der Waals surface area contributed by atoms with Gasteiger partial charge in [-0.15, -0.1) is 0 Å². The van der Waals surface area contributed by atoms with Gasteiger partial charge in [0.05, 0.1) is 5.69 Å². The molecule has 0 amide bonds. The lowest BCUT2D eigenvalue weighted by Crippen LogP contribution is -2.19. The highest BCUT2D eigenvalue weighted by Gasteiger charge is 2.24. The van der Waals surface area contributed by atoms with E-state index in [-0.39, 0.29) is 0 Å². The first-order valence-corrected chi connectivity index (χ1v) is 6.88. The van der Waals surface area contributed by atoms with Gasteiger partial charge in [-0.05, 0) is 53.7 Å². The van der Waals surface area contributed by atoms with Gasteiger partial charge in [0.25, 0.3) is 0 Å². The van der Waals surface area contributed by atoms with Crippen LogP contribution in [0.3, 0.4) is 0 Å². The predicted octanol–water partition coefficient (Wildman–Crippen LogP) is 4.14. The van der Waals surface area contributed by atoms with Crippen molar-refractivity contribution in [3.8, 4) is 0 Å². The molecule has 1 aliphatic carbocycles. The second-order valence-electron chi connectivity index (χ2n) is 4.69. The van der Waals surface area contributed by atoms with Crippen molar-refractivity contribution in [1.29, 1.82) is 0 Å². The molecule has 88 valence electrons. The van der Waals surface area contributed by atoms with E-state index in [1.807, 2.05) is 13.0 Å². The lowest BCUT2D eigenvalue weighted by molar-refractivity contribution is 0.585. The minimum Gasteiger partial charge on any atom is -0.367 e. The van der Waals surface area contributed by atoms with Gasteiger partial charge in [0.15, 0.2) is 0 Å². The second-order valence-corrected chi connectivity index (χ2v) is 5.55. The van der Waals surface area contributed by atoms with Crippen molar-refractivity contribution in [2.24, 2.45) is 5.92 Å². The zero-order valence-corrected chi connectivity index (χ0v) is 11.5. The highest BCUT2D eigenvalue weighted by Crippen LogP contribution is 2.34. The number of nitrogens with one attached hydrogen (secondary N) is 1. The third-order valence-electron chi connectivity index (χ3n) is 3.18. The molecule has 1 aromatic heterocycles. The molecule has 1 unspecified atom stereocenters. The van der Waals surface area contributed by atoms with Gasteiger partial charge in [0.1, 0.15) is 5.82 Å². The number of anilines is 1. The summed E-state index contributed by atoms with van der Waals surface area (Å²) in [6.07, 6.45) is 5.32. The molecule has 0 saturated heterocycles. The molecule has 1 fully saturated rings. The maximum absolute atomic E-state index is 4.53. The van der Waals surface area contributed by atoms with Gasteiger partial charge in [-0.25, -0.2) is 4.98 Å². The molecule has 2 rings (SSSR count). The van der Waals surface area contributed by atoms with Crippen LogP contribution in [0.1, 0.15) is 38.3 Å². The second kappa shape index (κ2) is 5.17. The van der Waals surface area contributed by atoms with Crippen molar-refractivity contribution >= 4 is 21.7 Å². The van der Waals surface area contributed by atoms with Crippen LogP contribution in [-0.2, 0) is 0 Å². The minimum absolute atomic E-state index is 0.584. The smallest absolute Gasteiger partial charge is 0.126 e. The molecular formula is C13H19BrN2. The van der Waals surface area contributed by atoms with Crippen molar-refractivity contribution < 1.29 is 0 Å². The molecule has 0 aliphatic heterocycles. The van der Waals surface area contributed by atoms with Crippen molar-refractivity contribution in [2.75, 3.05) is 5.32 Å². The molecule has 1 aromatic rings. The quantitative estimate of drug-likeness (QED) is 0.878. The van der Waals surface area contributed by atoms with Gasteiger partial charge in [-0.2, -0.15) is 0 Å². The standard InChI is InChI=1S/C13H19BrN2/c1-3-11(8-10-4-5-10)16-13-7-6-12(14)9(2)15-13/h6-7,10-11H,3-5,8H2,1-2H3,(H,15,16). The molecule has 1 aliphatic rings. The topological polar surface area (TPSA) is 24.9 Å². The Labute approximate surface area is 106 Å². The number of aromatic nitrogens is 1. The van der Waals surface area contributed by atoms with E-state index >= 15 is 0 Å². The zero-order chi connectivity index (χ0) is 11.5. The van der Waals surface area contributed by atoms with E-state index in [0.717, 1.165) is 21.9 Å². The van der Waals surface area contributed by atoms with Gasteiger partial charge in [-0.3, -0.25) is 0 Å². The van der Waals surface area contributed by atoms with E-state index in [1.54, 1.807) is 0 Å². The number of rotatable bonds is 5. The summed E-state index contributed by atoms with van der Waals surface area (Å²) in [4.78, 5) is 4.53. The summed E-state index contributed by atoms with van der Waals surface area (Å²) in [6.45, 7) is 4.27. The van der Waals surface area contributed by atoms with E-state index < -0.39 is 0 Å². The van der Waals surface area contributed by atoms with Crippen LogP contribution in [0.4, 0.5) is 5.82 Å². The van der Waals surface area contributed by atoms with E-state index in [9.17, 15) is 0 Å². The molecule has 1 saturated carbocycles. The lowest BCUT2D eigenvalue weighted by Gasteiger charge is -2.17. The molecular weight excluding hydrogens is 264 g/mol. The predicted molar refractivity (Wildman–Crippen MR) is 71.7 cm³/mol. The summed E-state index contributed by atoms with van der Waals surface area (Å²) in [5.74, 6) is 1.97. The molecule has 0 bridgehead atoms. The first kappa shape index (κ1) is 11.9. The fraction of sp³-hybridized carbons (Fsp3) is 0.615. The largest absolute Gasteiger partial charge is 0.367 e. The first-order valence-electron chi connectivity index (χ1n) is 6.08. The average molecular weight is 283 g/mol. The number of halogens is 1. The van der Waals surface area contributed by atoms with Crippen LogP contribution in [0.2, 0.25) is 0 Å². The number of pyridine rings is 1. The van der Waals surface area contributed by atoms with Gasteiger partial charge in [0.2, 0.25) is 0 Å². The first-order chi connectivity index (χ1) is 7.69. The summed E-state index contributed by atoms with van der Waals surface area (Å²) in [5, 5.41) is 3.54. The number of hydrogen-bond acceptors (Lipinski definition) is 2. The Morgan fingerprint density at radius 2 is 2.25 bits per heavy atom. The summed E-state index contributed by atoms with van der Waals surface area (Å²) >= 11 is 3.47. The summed E-state index contributed by atoms with van der Waals surface area (Å²) in [6, 6.07) is 4.70. The molecule has 0 aromatic carbocycles. The van der Waals surface area contributed by atoms with E-state index in [2.05, 4.69) is 39.2 Å². The highest BCUT2D eigenvalue weighted by atomic mass is 79.9. The van der Waals surface area contributed by atoms with E-state index in [1.165, 1.54) is 25.7 Å². The molecule has 16 heavy (non-hydrogen) atoms. The molecule has 0 spiro atoms. The Morgan fingerprint density at radius 1 is 1.50 bits per heavy atom. The Morgan fingerprint density at radius 3 is 2.81 bits per heavy atom. The molecule has 0 radical (unpaired) electrons. The Kier molecular flexibility index (Phi) is 3.85. The van der Waals surface area contributed by atoms with Crippen LogP contribution < -0.4 is 5.32 Å². The summed E-state index contributed by atoms with van der Waals surface area (Å²) < 4.78 is 1.08. The molecule has 1 heterocycles. The van der Waals surface area contributed by atoms with Gasteiger partial charge >= 0.3 is 0 Å². The average Bonchev–Trinajstić information content (AvgIpc) is 3.06. The van der Waals surface area contributed by atoms with Crippen molar-refractivity contribution in [3.05, 3.63) is 22.3 Å². The number of hydrogen-bond donors (Lipinski definition) is 1. The molecule has 1 N–H and O–H groups in total. The Bertz CT molecular complexity index is 361. The maximum atomic E-state index is 4.53. The SMILES string of the molecule is CCC(CC1CC1)Nc1ccc(Br)c(C)n1. The number of aryl methyl sites for hydroxylation is 1. The summed E-state index contributed by atoms with van der Waals surface area (Å²) in [7, 11) is 0. The number of nitrogens with zero attached hydrogens (tertiary/aromatic N) is 1. The van der Waals surface area contributed by atoms with E-state index in [4.69, 9.17) is 0 Å². The normalized spacial score (nSPS) is 17.2. The lowest BCUT2D eigenvalue weighted by atomic mass is 10.1. The monoisotopic (exact) mass is 282 g/mol. The van der Waals surface area contributed by atoms with Crippen LogP contribution in [-0.4, -0.2) is 11.0 Å². The van der Waals surface area contributed by atoms with Crippen LogP contribution >= 0.6 is 15.9 Å². The van der Waals surface area contributed by atoms with E-state index in [0.29, 0.717) is 6.04 Å². The van der Waals surface area contributed by atoms with Crippen LogP contribution in [0.25, 0.3) is 0 Å². The Balaban J connectivity index is 1.97. The fourth-order valence-electron chi connectivity index (χ4n) is 1.92. The maximum Gasteiger partial charge on any atom is 0.126 e. The van der Waals surface area contributed by atoms with Crippen LogP contribution in [0, 0.1) is 12.8 Å². The minimum atomic E-state index is 0.584. The molecule has 2 nitrogen and oxygen atoms in total. The van der Waals surface area contributed by atoms with Crippen LogP contribution in [0.15, 0.2) is 16.6 Å². The van der Waals surface area contributed by atoms with Gasteiger partial charge in [0, 0.05) is 10.5 Å². The Hall–Kier alpha value is -0.570. The third kappa shape index (κ3) is 3.21. The van der Waals surface area contributed by atoms with Gasteiger partial charge < -0.3 is 5.32 Å². The fourth-order valence-corrected chi connectivity index (χ4v) is 2.14. The zero-order valence-electron chi connectivity index (χ0n) is 9.96. The van der Waals surface area contributed by atoms with Crippen molar-refractivity contribution in [2.45, 2.75) is 45.6 Å². The molecule has 1 atom stereocenters. The highest BCUT2D eigenvalue weighted by molar-refractivity contribution is 9.10. The van der Waals surface area contributed by atoms with Gasteiger partial charge in [-0.1, -0.05) is 19.8 Å². The third-order valence-corrected chi connectivity index (χ3v) is 4.02. The molecule has 3 heteroatoms. The summed E-state index contributed by atoms with van der Waals surface area (Å²) in [5.41, 5.74) is 1.05. The van der Waals surface area contributed by atoms with Crippen molar-refractivity contribution in [1.82, 2.24) is 4.98 Å². The van der Waals surface area contributed by atoms with Crippen LogP contribution in [0.5, 0.6) is 0 Å². The van der Waals surface area contributed by atoms with Crippen molar-refractivity contribution in [3.63, 3.8) is 0 Å².